The lowest BCUT2D eigenvalue weighted by Crippen LogP contribution is -2.61. The number of ether oxygens (including phenoxy) is 4. The summed E-state index contributed by atoms with van der Waals surface area (Å²) < 4.78 is 19.7. The third-order valence-electron chi connectivity index (χ3n) is 3.89. The summed E-state index contributed by atoms with van der Waals surface area (Å²) in [5, 5.41) is 67.5. The van der Waals surface area contributed by atoms with E-state index in [-0.39, 0.29) is 0 Å². The van der Waals surface area contributed by atoms with Crippen LogP contribution in [-0.4, -0.2) is 111 Å². The molecule has 2 fully saturated rings. The zero-order valence-corrected chi connectivity index (χ0v) is 12.2. The average Bonchev–Trinajstić information content (AvgIpc) is 2.53. The highest BCUT2D eigenvalue weighted by atomic mass is 16.7. The summed E-state index contributed by atoms with van der Waals surface area (Å²) >= 11 is 0. The van der Waals surface area contributed by atoms with Crippen LogP contribution in [0.25, 0.3) is 0 Å². The monoisotopic (exact) mass is 342 g/mol. The second-order valence-electron chi connectivity index (χ2n) is 5.45. The predicted molar refractivity (Wildman–Crippen MR) is 68.5 cm³/mol. The third-order valence-corrected chi connectivity index (χ3v) is 3.89. The van der Waals surface area contributed by atoms with Gasteiger partial charge in [-0.25, -0.2) is 0 Å². The average molecular weight is 342 g/mol. The number of methoxy groups -OCH3 is 1. The van der Waals surface area contributed by atoms with Gasteiger partial charge in [-0.05, 0) is 0 Å². The first kappa shape index (κ1) is 18.9. The molecule has 23 heavy (non-hydrogen) atoms. The topological polar surface area (TPSA) is 179 Å². The van der Waals surface area contributed by atoms with Crippen LogP contribution in [0.5, 0.6) is 0 Å². The molecule has 2 saturated heterocycles. The maximum absolute atomic E-state index is 9.91. The standard InChI is InChI=1S/C12H22O11/c1-20-12-8(17)6(15)9(11(19)23-12)21-2-3-4(13)5(14)7(16)10(18)22-3/h3-19H,2H2,1H3. The Hall–Kier alpha value is -0.440. The van der Waals surface area contributed by atoms with Gasteiger partial charge < -0.3 is 54.7 Å². The summed E-state index contributed by atoms with van der Waals surface area (Å²) in [5.74, 6) is 0. The van der Waals surface area contributed by atoms with E-state index in [1.807, 2.05) is 0 Å². The minimum absolute atomic E-state index is 0.464. The summed E-state index contributed by atoms with van der Waals surface area (Å²) in [5.41, 5.74) is 0. The minimum Gasteiger partial charge on any atom is -0.387 e. The SMILES string of the molecule is COC1OC(O)C(OCC2OC(O)C(O)C(O)C2O)C(O)C1O. The van der Waals surface area contributed by atoms with Crippen LogP contribution >= 0.6 is 0 Å². The van der Waals surface area contributed by atoms with Gasteiger partial charge in [0.25, 0.3) is 0 Å². The number of rotatable bonds is 4. The van der Waals surface area contributed by atoms with Crippen molar-refractivity contribution in [3.05, 3.63) is 0 Å². The number of aliphatic hydroxyl groups is 7. The molecule has 0 amide bonds. The number of hydrogen-bond donors (Lipinski definition) is 7. The molecular formula is C12H22O11. The molecule has 11 nitrogen and oxygen atoms in total. The molecule has 2 heterocycles. The molecule has 11 heteroatoms. The van der Waals surface area contributed by atoms with Crippen molar-refractivity contribution in [3.8, 4) is 0 Å². The molecule has 0 saturated carbocycles. The maximum Gasteiger partial charge on any atom is 0.188 e. The van der Waals surface area contributed by atoms with Gasteiger partial charge in [-0.3, -0.25) is 0 Å². The highest BCUT2D eigenvalue weighted by Gasteiger charge is 2.47. The highest BCUT2D eigenvalue weighted by molar-refractivity contribution is 4.90. The van der Waals surface area contributed by atoms with E-state index in [4.69, 9.17) is 18.9 Å². The lowest BCUT2D eigenvalue weighted by Gasteiger charge is -2.42. The van der Waals surface area contributed by atoms with Gasteiger partial charge in [-0.1, -0.05) is 0 Å². The van der Waals surface area contributed by atoms with E-state index in [0.717, 1.165) is 0 Å². The molecule has 0 spiro atoms. The smallest absolute Gasteiger partial charge is 0.188 e. The molecule has 0 aromatic rings. The van der Waals surface area contributed by atoms with Crippen molar-refractivity contribution in [3.63, 3.8) is 0 Å². The van der Waals surface area contributed by atoms with Gasteiger partial charge in [0.05, 0.1) is 6.61 Å². The summed E-state index contributed by atoms with van der Waals surface area (Å²) in [6, 6.07) is 0. The van der Waals surface area contributed by atoms with E-state index >= 15 is 0 Å². The summed E-state index contributed by atoms with van der Waals surface area (Å²) in [7, 11) is 1.22. The molecule has 7 N–H and O–H groups in total. The van der Waals surface area contributed by atoms with E-state index in [1.54, 1.807) is 0 Å². The summed E-state index contributed by atoms with van der Waals surface area (Å²) in [4.78, 5) is 0. The number of hydrogen-bond acceptors (Lipinski definition) is 11. The van der Waals surface area contributed by atoms with Crippen molar-refractivity contribution in [2.45, 2.75) is 61.6 Å². The van der Waals surface area contributed by atoms with Crippen molar-refractivity contribution in [2.75, 3.05) is 13.7 Å². The Morgan fingerprint density at radius 2 is 1.39 bits per heavy atom. The highest BCUT2D eigenvalue weighted by Crippen LogP contribution is 2.25. The fraction of sp³-hybridized carbons (Fsp3) is 1.00. The minimum atomic E-state index is -1.73. The quantitative estimate of drug-likeness (QED) is 0.261. The van der Waals surface area contributed by atoms with Crippen LogP contribution in [0.15, 0.2) is 0 Å². The van der Waals surface area contributed by atoms with E-state index < -0.39 is 68.2 Å². The Labute approximate surface area is 131 Å². The van der Waals surface area contributed by atoms with Crippen LogP contribution in [0.2, 0.25) is 0 Å². The van der Waals surface area contributed by atoms with Gasteiger partial charge in [0.2, 0.25) is 0 Å². The van der Waals surface area contributed by atoms with E-state index in [2.05, 4.69) is 0 Å². The molecule has 10 atom stereocenters. The molecule has 2 aliphatic heterocycles. The molecule has 2 rings (SSSR count). The largest absolute Gasteiger partial charge is 0.387 e. The first-order chi connectivity index (χ1) is 10.8. The van der Waals surface area contributed by atoms with Crippen molar-refractivity contribution < 1.29 is 54.7 Å². The van der Waals surface area contributed by atoms with E-state index in [1.165, 1.54) is 7.11 Å². The molecule has 2 aliphatic rings. The molecule has 136 valence electrons. The first-order valence-electron chi connectivity index (χ1n) is 6.99. The van der Waals surface area contributed by atoms with Crippen LogP contribution in [-0.2, 0) is 18.9 Å². The van der Waals surface area contributed by atoms with Crippen molar-refractivity contribution >= 4 is 0 Å². The van der Waals surface area contributed by atoms with Gasteiger partial charge in [-0.2, -0.15) is 0 Å². The number of aliphatic hydroxyl groups excluding tert-OH is 7. The lowest BCUT2D eigenvalue weighted by atomic mass is 9.99. The fourth-order valence-electron chi connectivity index (χ4n) is 2.47. The fourth-order valence-corrected chi connectivity index (χ4v) is 2.47. The van der Waals surface area contributed by atoms with Crippen LogP contribution < -0.4 is 0 Å². The van der Waals surface area contributed by atoms with Crippen LogP contribution in [0.4, 0.5) is 0 Å². The molecule has 0 aromatic heterocycles. The van der Waals surface area contributed by atoms with Crippen molar-refractivity contribution in [1.82, 2.24) is 0 Å². The molecule has 0 aliphatic carbocycles. The Balaban J connectivity index is 1.94. The van der Waals surface area contributed by atoms with Gasteiger partial charge in [0, 0.05) is 7.11 Å². The van der Waals surface area contributed by atoms with Crippen LogP contribution in [0.1, 0.15) is 0 Å². The van der Waals surface area contributed by atoms with Gasteiger partial charge in [0.15, 0.2) is 18.9 Å². The van der Waals surface area contributed by atoms with Gasteiger partial charge in [-0.15, -0.1) is 0 Å². The van der Waals surface area contributed by atoms with Crippen molar-refractivity contribution in [1.29, 1.82) is 0 Å². The van der Waals surface area contributed by atoms with Crippen LogP contribution in [0.3, 0.4) is 0 Å². The zero-order valence-electron chi connectivity index (χ0n) is 12.2. The summed E-state index contributed by atoms with van der Waals surface area (Å²) in [6.07, 6.45) is -15.2. The normalized spacial score (nSPS) is 51.7. The second-order valence-corrected chi connectivity index (χ2v) is 5.45. The lowest BCUT2D eigenvalue weighted by molar-refractivity contribution is -0.348. The Morgan fingerprint density at radius 1 is 0.739 bits per heavy atom. The Morgan fingerprint density at radius 3 is 2.00 bits per heavy atom. The predicted octanol–water partition coefficient (Wildman–Crippen LogP) is -4.79. The van der Waals surface area contributed by atoms with E-state index in [9.17, 15) is 35.7 Å². The molecule has 0 radical (unpaired) electrons. The van der Waals surface area contributed by atoms with Gasteiger partial charge >= 0.3 is 0 Å². The first-order valence-corrected chi connectivity index (χ1v) is 6.99. The van der Waals surface area contributed by atoms with Crippen molar-refractivity contribution in [2.24, 2.45) is 0 Å². The van der Waals surface area contributed by atoms with Gasteiger partial charge in [0.1, 0.15) is 42.7 Å². The molecular weight excluding hydrogens is 320 g/mol. The molecule has 0 bridgehead atoms. The van der Waals surface area contributed by atoms with E-state index in [0.29, 0.717) is 0 Å². The van der Waals surface area contributed by atoms with Crippen LogP contribution in [0, 0.1) is 0 Å². The zero-order chi connectivity index (χ0) is 17.3. The maximum atomic E-state index is 9.91. The third kappa shape index (κ3) is 3.81. The second kappa shape index (κ2) is 7.63. The Bertz CT molecular complexity index is 382. The molecule has 0 aromatic carbocycles. The molecule has 10 unspecified atom stereocenters. The summed E-state index contributed by atoms with van der Waals surface area (Å²) in [6.45, 7) is -0.464. The Kier molecular flexibility index (Phi) is 6.27.